The molecule has 1 aromatic rings. The fourth-order valence-corrected chi connectivity index (χ4v) is 2.15. The van der Waals surface area contributed by atoms with Crippen molar-refractivity contribution in [1.82, 2.24) is 0 Å². The van der Waals surface area contributed by atoms with Gasteiger partial charge in [-0.3, -0.25) is 0 Å². The molecule has 1 heterocycles. The van der Waals surface area contributed by atoms with Crippen LogP contribution in [0.1, 0.15) is 37.8 Å². The number of rotatable bonds is 2. The quantitative estimate of drug-likeness (QED) is 0.805. The molecule has 1 aliphatic rings. The first-order valence-corrected chi connectivity index (χ1v) is 5.54. The van der Waals surface area contributed by atoms with E-state index < -0.39 is 0 Å². The molecule has 2 nitrogen and oxygen atoms in total. The van der Waals surface area contributed by atoms with Crippen molar-refractivity contribution in [3.05, 3.63) is 29.3 Å². The number of fused-ring (bicyclic) bond motifs is 1. The highest BCUT2D eigenvalue weighted by Gasteiger charge is 2.32. The summed E-state index contributed by atoms with van der Waals surface area (Å²) in [6.07, 6.45) is 0.994. The van der Waals surface area contributed by atoms with Gasteiger partial charge in [-0.1, -0.05) is 25.1 Å². The third-order valence-corrected chi connectivity index (χ3v) is 3.01. The van der Waals surface area contributed by atoms with Crippen molar-refractivity contribution >= 4 is 0 Å². The molecule has 0 radical (unpaired) electrons. The van der Waals surface area contributed by atoms with Gasteiger partial charge in [0.1, 0.15) is 11.4 Å². The van der Waals surface area contributed by atoms with Crippen molar-refractivity contribution in [2.24, 2.45) is 5.73 Å². The highest BCUT2D eigenvalue weighted by atomic mass is 16.5. The van der Waals surface area contributed by atoms with E-state index in [1.807, 2.05) is 0 Å². The fraction of sp³-hybridized carbons (Fsp3) is 0.538. The van der Waals surface area contributed by atoms with Crippen molar-refractivity contribution in [2.45, 2.75) is 38.7 Å². The van der Waals surface area contributed by atoms with Gasteiger partial charge in [-0.05, 0) is 37.4 Å². The van der Waals surface area contributed by atoms with E-state index in [0.717, 1.165) is 12.2 Å². The number of benzene rings is 1. The van der Waals surface area contributed by atoms with Crippen molar-refractivity contribution in [3.8, 4) is 5.75 Å². The van der Waals surface area contributed by atoms with Crippen LogP contribution < -0.4 is 10.5 Å². The Morgan fingerprint density at radius 3 is 2.87 bits per heavy atom. The molecular weight excluding hydrogens is 186 g/mol. The van der Waals surface area contributed by atoms with E-state index in [4.69, 9.17) is 10.5 Å². The van der Waals surface area contributed by atoms with Gasteiger partial charge < -0.3 is 10.5 Å². The summed E-state index contributed by atoms with van der Waals surface area (Å²) in [7, 11) is 0. The van der Waals surface area contributed by atoms with Crippen LogP contribution in [0.4, 0.5) is 0 Å². The average molecular weight is 205 g/mol. The molecule has 2 heteroatoms. The SMILES string of the molecule is CC(CN)c1cccc2c1OC(C)(C)C2. The Morgan fingerprint density at radius 2 is 2.20 bits per heavy atom. The number of hydrogen-bond donors (Lipinski definition) is 1. The van der Waals surface area contributed by atoms with Crippen LogP contribution >= 0.6 is 0 Å². The molecule has 0 spiro atoms. The largest absolute Gasteiger partial charge is 0.487 e. The van der Waals surface area contributed by atoms with E-state index in [9.17, 15) is 0 Å². The normalized spacial score (nSPS) is 19.5. The molecule has 1 unspecified atom stereocenters. The van der Waals surface area contributed by atoms with Gasteiger partial charge >= 0.3 is 0 Å². The second-order valence-corrected chi connectivity index (χ2v) is 5.01. The van der Waals surface area contributed by atoms with Gasteiger partial charge in [-0.15, -0.1) is 0 Å². The summed E-state index contributed by atoms with van der Waals surface area (Å²) in [4.78, 5) is 0. The van der Waals surface area contributed by atoms with E-state index in [2.05, 4.69) is 39.0 Å². The Hall–Kier alpha value is -1.02. The van der Waals surface area contributed by atoms with Crippen molar-refractivity contribution in [3.63, 3.8) is 0 Å². The highest BCUT2D eigenvalue weighted by Crippen LogP contribution is 2.40. The lowest BCUT2D eigenvalue weighted by atomic mass is 9.96. The Morgan fingerprint density at radius 1 is 1.47 bits per heavy atom. The number of para-hydroxylation sites is 1. The molecule has 0 fully saturated rings. The molecular formula is C13H19NO. The molecule has 15 heavy (non-hydrogen) atoms. The molecule has 2 N–H and O–H groups in total. The topological polar surface area (TPSA) is 35.2 Å². The molecule has 1 aromatic carbocycles. The molecule has 0 bridgehead atoms. The van der Waals surface area contributed by atoms with E-state index in [1.54, 1.807) is 0 Å². The molecule has 1 aliphatic heterocycles. The Kier molecular flexibility index (Phi) is 2.47. The zero-order valence-electron chi connectivity index (χ0n) is 9.71. The number of nitrogens with two attached hydrogens (primary N) is 1. The zero-order chi connectivity index (χ0) is 11.1. The summed E-state index contributed by atoms with van der Waals surface area (Å²) < 4.78 is 5.99. The predicted molar refractivity (Wildman–Crippen MR) is 62.3 cm³/mol. The second kappa shape index (κ2) is 3.53. The third kappa shape index (κ3) is 1.86. The van der Waals surface area contributed by atoms with Crippen LogP contribution in [-0.4, -0.2) is 12.1 Å². The molecule has 0 saturated carbocycles. The molecule has 0 aromatic heterocycles. The van der Waals surface area contributed by atoms with Crippen molar-refractivity contribution in [1.29, 1.82) is 0 Å². The lowest BCUT2D eigenvalue weighted by molar-refractivity contribution is 0.137. The van der Waals surface area contributed by atoms with Gasteiger partial charge in [0.2, 0.25) is 0 Å². The Balaban J connectivity index is 2.41. The van der Waals surface area contributed by atoms with Crippen LogP contribution in [0.15, 0.2) is 18.2 Å². The Labute approximate surface area is 91.4 Å². The van der Waals surface area contributed by atoms with Gasteiger partial charge in [0.25, 0.3) is 0 Å². The molecule has 0 aliphatic carbocycles. The summed E-state index contributed by atoms with van der Waals surface area (Å²) in [5, 5.41) is 0. The smallest absolute Gasteiger partial charge is 0.126 e. The van der Waals surface area contributed by atoms with Crippen LogP contribution in [-0.2, 0) is 6.42 Å². The summed E-state index contributed by atoms with van der Waals surface area (Å²) in [6.45, 7) is 7.07. The van der Waals surface area contributed by atoms with Crippen LogP contribution in [0, 0.1) is 0 Å². The van der Waals surface area contributed by atoms with E-state index >= 15 is 0 Å². The number of ether oxygens (including phenoxy) is 1. The minimum Gasteiger partial charge on any atom is -0.487 e. The van der Waals surface area contributed by atoms with Gasteiger partial charge in [0.05, 0.1) is 0 Å². The first-order valence-electron chi connectivity index (χ1n) is 5.54. The van der Waals surface area contributed by atoms with Crippen LogP contribution in [0.25, 0.3) is 0 Å². The first kappa shape index (κ1) is 10.5. The molecule has 2 rings (SSSR count). The predicted octanol–water partition coefficient (Wildman–Crippen LogP) is 2.46. The third-order valence-electron chi connectivity index (χ3n) is 3.01. The first-order chi connectivity index (χ1) is 7.03. The maximum absolute atomic E-state index is 5.99. The lowest BCUT2D eigenvalue weighted by Gasteiger charge is -2.19. The van der Waals surface area contributed by atoms with E-state index in [1.165, 1.54) is 11.1 Å². The minimum atomic E-state index is -0.0627. The summed E-state index contributed by atoms with van der Waals surface area (Å²) >= 11 is 0. The summed E-state index contributed by atoms with van der Waals surface area (Å²) in [5.41, 5.74) is 8.22. The van der Waals surface area contributed by atoms with Gasteiger partial charge in [0.15, 0.2) is 0 Å². The summed E-state index contributed by atoms with van der Waals surface area (Å²) in [5.74, 6) is 1.44. The fourth-order valence-electron chi connectivity index (χ4n) is 2.15. The van der Waals surface area contributed by atoms with Crippen molar-refractivity contribution in [2.75, 3.05) is 6.54 Å². The van der Waals surface area contributed by atoms with Crippen LogP contribution in [0.5, 0.6) is 5.75 Å². The maximum Gasteiger partial charge on any atom is 0.126 e. The van der Waals surface area contributed by atoms with Gasteiger partial charge in [0, 0.05) is 6.42 Å². The highest BCUT2D eigenvalue weighted by molar-refractivity contribution is 5.47. The monoisotopic (exact) mass is 205 g/mol. The minimum absolute atomic E-state index is 0.0627. The van der Waals surface area contributed by atoms with Crippen LogP contribution in [0.2, 0.25) is 0 Å². The van der Waals surface area contributed by atoms with Crippen molar-refractivity contribution < 1.29 is 4.74 Å². The van der Waals surface area contributed by atoms with Gasteiger partial charge in [-0.2, -0.15) is 0 Å². The molecule has 0 amide bonds. The average Bonchev–Trinajstić information content (AvgIpc) is 2.49. The molecule has 0 saturated heterocycles. The number of hydrogen-bond acceptors (Lipinski definition) is 2. The van der Waals surface area contributed by atoms with Crippen LogP contribution in [0.3, 0.4) is 0 Å². The Bertz CT molecular complexity index is 371. The molecule has 1 atom stereocenters. The zero-order valence-corrected chi connectivity index (χ0v) is 9.71. The maximum atomic E-state index is 5.99. The van der Waals surface area contributed by atoms with E-state index in [0.29, 0.717) is 12.5 Å². The molecule has 82 valence electrons. The standard InChI is InChI=1S/C13H19NO/c1-9(8-14)11-6-4-5-10-7-13(2,3)15-12(10)11/h4-6,9H,7-8,14H2,1-3H3. The lowest BCUT2D eigenvalue weighted by Crippen LogP contribution is -2.25. The van der Waals surface area contributed by atoms with Gasteiger partial charge in [-0.25, -0.2) is 0 Å². The summed E-state index contributed by atoms with van der Waals surface area (Å²) in [6, 6.07) is 6.37. The second-order valence-electron chi connectivity index (χ2n) is 5.01. The van der Waals surface area contributed by atoms with E-state index in [-0.39, 0.29) is 5.60 Å².